The Morgan fingerprint density at radius 2 is 2.00 bits per heavy atom. The highest BCUT2D eigenvalue weighted by Crippen LogP contribution is 2.15. The first-order valence-corrected chi connectivity index (χ1v) is 7.23. The van der Waals surface area contributed by atoms with E-state index in [2.05, 4.69) is 5.32 Å². The van der Waals surface area contributed by atoms with E-state index in [1.54, 1.807) is 30.4 Å². The molecule has 1 amide bonds. The van der Waals surface area contributed by atoms with Crippen LogP contribution in [0.25, 0.3) is 0 Å². The fourth-order valence-electron chi connectivity index (χ4n) is 1.24. The average molecular weight is 265 g/mol. The summed E-state index contributed by atoms with van der Waals surface area (Å²) in [6.07, 6.45) is 7.63. The van der Waals surface area contributed by atoms with Crippen LogP contribution >= 0.6 is 0 Å². The van der Waals surface area contributed by atoms with E-state index in [1.807, 2.05) is 6.92 Å². The van der Waals surface area contributed by atoms with Crippen molar-refractivity contribution in [3.63, 3.8) is 0 Å². The van der Waals surface area contributed by atoms with Gasteiger partial charge in [-0.05, 0) is 25.1 Å². The van der Waals surface area contributed by atoms with Crippen molar-refractivity contribution >= 4 is 21.4 Å². The number of allylic oxidation sites excluding steroid dienone is 3. The van der Waals surface area contributed by atoms with Gasteiger partial charge in [-0.15, -0.1) is 0 Å². The molecule has 0 heterocycles. The molecule has 0 atom stereocenters. The van der Waals surface area contributed by atoms with Gasteiger partial charge in [0.2, 0.25) is 5.91 Å². The molecule has 1 N–H and O–H groups in total. The van der Waals surface area contributed by atoms with E-state index in [0.717, 1.165) is 6.26 Å². The lowest BCUT2D eigenvalue weighted by atomic mass is 10.3. The lowest BCUT2D eigenvalue weighted by Crippen LogP contribution is -2.08. The standard InChI is InChI=1S/C13H15NO3S/c1-3-4-5-9-13(15)14-11-7-6-8-12(10-11)18(2,16)17/h3-10H,1-2H3,(H,14,15)/b4-3+,9-5+. The number of rotatable bonds is 4. The number of benzene rings is 1. The molecule has 0 saturated heterocycles. The zero-order valence-electron chi connectivity index (χ0n) is 10.3. The summed E-state index contributed by atoms with van der Waals surface area (Å²) in [5, 5.41) is 2.59. The second-order valence-corrected chi connectivity index (χ2v) is 5.69. The molecule has 0 fully saturated rings. The van der Waals surface area contributed by atoms with Crippen molar-refractivity contribution in [2.75, 3.05) is 11.6 Å². The molecule has 5 heteroatoms. The van der Waals surface area contributed by atoms with Crippen molar-refractivity contribution in [1.29, 1.82) is 0 Å². The average Bonchev–Trinajstić information content (AvgIpc) is 2.28. The lowest BCUT2D eigenvalue weighted by molar-refractivity contribution is -0.111. The Kier molecular flexibility index (Phi) is 4.85. The van der Waals surface area contributed by atoms with Crippen LogP contribution in [0.5, 0.6) is 0 Å². The first-order chi connectivity index (χ1) is 8.43. The molecular formula is C13H15NO3S. The first kappa shape index (κ1) is 14.2. The van der Waals surface area contributed by atoms with E-state index in [9.17, 15) is 13.2 Å². The largest absolute Gasteiger partial charge is 0.322 e. The Hall–Kier alpha value is -1.88. The molecular weight excluding hydrogens is 250 g/mol. The predicted molar refractivity (Wildman–Crippen MR) is 72.1 cm³/mol. The topological polar surface area (TPSA) is 63.2 Å². The van der Waals surface area contributed by atoms with Crippen LogP contribution in [0.1, 0.15) is 6.92 Å². The maximum absolute atomic E-state index is 11.5. The Bertz CT molecular complexity index is 586. The van der Waals surface area contributed by atoms with Gasteiger partial charge in [0.05, 0.1) is 4.90 Å². The number of anilines is 1. The number of hydrogen-bond acceptors (Lipinski definition) is 3. The van der Waals surface area contributed by atoms with Crippen molar-refractivity contribution in [2.24, 2.45) is 0 Å². The smallest absolute Gasteiger partial charge is 0.248 e. The number of amides is 1. The van der Waals surface area contributed by atoms with E-state index in [4.69, 9.17) is 0 Å². The third kappa shape index (κ3) is 4.55. The Morgan fingerprint density at radius 3 is 2.61 bits per heavy atom. The van der Waals surface area contributed by atoms with Gasteiger partial charge >= 0.3 is 0 Å². The molecule has 1 rings (SSSR count). The molecule has 0 saturated carbocycles. The van der Waals surface area contributed by atoms with E-state index in [1.165, 1.54) is 18.2 Å². The minimum Gasteiger partial charge on any atom is -0.322 e. The SMILES string of the molecule is C/C=C/C=C/C(=O)Nc1cccc(S(C)(=O)=O)c1. The van der Waals surface area contributed by atoms with E-state index in [0.29, 0.717) is 5.69 Å². The predicted octanol–water partition coefficient (Wildman–Crippen LogP) is 2.16. The molecule has 0 aliphatic heterocycles. The Balaban J connectivity index is 2.83. The van der Waals surface area contributed by atoms with Gasteiger partial charge in [0.1, 0.15) is 0 Å². The van der Waals surface area contributed by atoms with Crippen LogP contribution in [0.3, 0.4) is 0 Å². The van der Waals surface area contributed by atoms with Crippen LogP contribution in [0.4, 0.5) is 5.69 Å². The van der Waals surface area contributed by atoms with Gasteiger partial charge in [-0.1, -0.05) is 24.3 Å². The van der Waals surface area contributed by atoms with Gasteiger partial charge in [0.25, 0.3) is 0 Å². The van der Waals surface area contributed by atoms with Crippen molar-refractivity contribution in [1.82, 2.24) is 0 Å². The molecule has 1 aromatic rings. The molecule has 0 aliphatic carbocycles. The number of sulfone groups is 1. The van der Waals surface area contributed by atoms with Crippen LogP contribution in [-0.4, -0.2) is 20.6 Å². The van der Waals surface area contributed by atoms with Crippen LogP contribution in [-0.2, 0) is 14.6 Å². The number of nitrogens with one attached hydrogen (secondary N) is 1. The van der Waals surface area contributed by atoms with Crippen LogP contribution in [0.15, 0.2) is 53.5 Å². The second kappa shape index (κ2) is 6.16. The minimum absolute atomic E-state index is 0.178. The van der Waals surface area contributed by atoms with Gasteiger partial charge in [0.15, 0.2) is 9.84 Å². The highest BCUT2D eigenvalue weighted by molar-refractivity contribution is 7.90. The quantitative estimate of drug-likeness (QED) is 0.670. The summed E-state index contributed by atoms with van der Waals surface area (Å²) in [7, 11) is -3.26. The van der Waals surface area contributed by atoms with Gasteiger partial charge in [0, 0.05) is 18.0 Å². The van der Waals surface area contributed by atoms with Gasteiger partial charge in [-0.3, -0.25) is 4.79 Å². The Morgan fingerprint density at radius 1 is 1.28 bits per heavy atom. The summed E-state index contributed by atoms with van der Waals surface area (Å²) in [4.78, 5) is 11.6. The maximum Gasteiger partial charge on any atom is 0.248 e. The van der Waals surface area contributed by atoms with Gasteiger partial charge < -0.3 is 5.32 Å². The third-order valence-electron chi connectivity index (χ3n) is 2.08. The van der Waals surface area contributed by atoms with E-state index in [-0.39, 0.29) is 10.8 Å². The van der Waals surface area contributed by atoms with Crippen LogP contribution in [0.2, 0.25) is 0 Å². The molecule has 18 heavy (non-hydrogen) atoms. The summed E-state index contributed by atoms with van der Waals surface area (Å²) < 4.78 is 22.7. The summed E-state index contributed by atoms with van der Waals surface area (Å²) in [5.41, 5.74) is 0.452. The molecule has 0 aromatic heterocycles. The molecule has 0 radical (unpaired) electrons. The molecule has 0 spiro atoms. The Labute approximate surface area is 107 Å². The molecule has 0 unspecified atom stereocenters. The van der Waals surface area contributed by atoms with Crippen LogP contribution < -0.4 is 5.32 Å². The monoisotopic (exact) mass is 265 g/mol. The maximum atomic E-state index is 11.5. The van der Waals surface area contributed by atoms with Crippen molar-refractivity contribution in [2.45, 2.75) is 11.8 Å². The normalized spacial score (nSPS) is 12.1. The highest BCUT2D eigenvalue weighted by atomic mass is 32.2. The summed E-state index contributed by atoms with van der Waals surface area (Å²) in [5.74, 6) is -0.307. The molecule has 0 aliphatic rings. The molecule has 4 nitrogen and oxygen atoms in total. The van der Waals surface area contributed by atoms with Crippen LogP contribution in [0, 0.1) is 0 Å². The fourth-order valence-corrected chi connectivity index (χ4v) is 1.91. The zero-order valence-corrected chi connectivity index (χ0v) is 11.1. The first-order valence-electron chi connectivity index (χ1n) is 5.34. The fraction of sp³-hybridized carbons (Fsp3) is 0.154. The zero-order chi connectivity index (χ0) is 13.6. The summed E-state index contributed by atoms with van der Waals surface area (Å²) >= 11 is 0. The lowest BCUT2D eigenvalue weighted by Gasteiger charge is -2.04. The van der Waals surface area contributed by atoms with Crippen molar-refractivity contribution in [3.05, 3.63) is 48.6 Å². The summed E-state index contributed by atoms with van der Waals surface area (Å²) in [6, 6.07) is 6.13. The van der Waals surface area contributed by atoms with Crippen molar-refractivity contribution < 1.29 is 13.2 Å². The highest BCUT2D eigenvalue weighted by Gasteiger charge is 2.07. The second-order valence-electron chi connectivity index (χ2n) is 3.67. The van der Waals surface area contributed by atoms with Gasteiger partial charge in [-0.25, -0.2) is 8.42 Å². The molecule has 96 valence electrons. The number of carbonyl (C=O) groups excluding carboxylic acids is 1. The van der Waals surface area contributed by atoms with Crippen molar-refractivity contribution in [3.8, 4) is 0 Å². The molecule has 1 aromatic carbocycles. The third-order valence-corrected chi connectivity index (χ3v) is 3.19. The minimum atomic E-state index is -3.26. The molecule has 0 bridgehead atoms. The number of carbonyl (C=O) groups is 1. The van der Waals surface area contributed by atoms with E-state index >= 15 is 0 Å². The van der Waals surface area contributed by atoms with E-state index < -0.39 is 9.84 Å². The van der Waals surface area contributed by atoms with Gasteiger partial charge in [-0.2, -0.15) is 0 Å². The number of hydrogen-bond donors (Lipinski definition) is 1. The summed E-state index contributed by atoms with van der Waals surface area (Å²) in [6.45, 7) is 1.85.